The highest BCUT2D eigenvalue weighted by molar-refractivity contribution is 6.31. The predicted octanol–water partition coefficient (Wildman–Crippen LogP) is 2.53. The van der Waals surface area contributed by atoms with Crippen LogP contribution in [-0.4, -0.2) is 27.5 Å². The Kier molecular flexibility index (Phi) is 2.37. The lowest BCUT2D eigenvalue weighted by molar-refractivity contribution is 0.230. The van der Waals surface area contributed by atoms with Crippen LogP contribution in [0.5, 0.6) is 0 Å². The third-order valence-electron chi connectivity index (χ3n) is 3.24. The van der Waals surface area contributed by atoms with Gasteiger partial charge in [-0.05, 0) is 24.7 Å². The van der Waals surface area contributed by atoms with E-state index in [2.05, 4.69) is 27.4 Å². The fourth-order valence-corrected chi connectivity index (χ4v) is 2.48. The molecule has 0 N–H and O–H groups in total. The molecule has 0 amide bonds. The zero-order valence-corrected chi connectivity index (χ0v) is 10.0. The van der Waals surface area contributed by atoms with Crippen molar-refractivity contribution in [1.82, 2.24) is 14.5 Å². The second-order valence-corrected chi connectivity index (χ2v) is 4.62. The van der Waals surface area contributed by atoms with Gasteiger partial charge in [-0.1, -0.05) is 18.5 Å². The van der Waals surface area contributed by atoms with Crippen LogP contribution < -0.4 is 0 Å². The lowest BCUT2D eigenvalue weighted by atomic mass is 10.3. The number of hydrogen-bond donors (Lipinski definition) is 0. The molecule has 3 rings (SSSR count). The van der Waals surface area contributed by atoms with E-state index in [1.165, 1.54) is 5.52 Å². The van der Waals surface area contributed by atoms with E-state index < -0.39 is 0 Å². The van der Waals surface area contributed by atoms with E-state index >= 15 is 0 Å². The van der Waals surface area contributed by atoms with Crippen molar-refractivity contribution in [3.05, 3.63) is 29.0 Å². The lowest BCUT2D eigenvalue weighted by Gasteiger charge is -2.26. The van der Waals surface area contributed by atoms with Crippen LogP contribution in [0, 0.1) is 0 Å². The normalized spacial score (nSPS) is 16.6. The molecule has 3 nitrogen and oxygen atoms in total. The first-order valence-corrected chi connectivity index (χ1v) is 6.02. The third-order valence-corrected chi connectivity index (χ3v) is 3.48. The number of rotatable bonds is 1. The van der Waals surface area contributed by atoms with Gasteiger partial charge in [-0.25, -0.2) is 4.98 Å². The monoisotopic (exact) mass is 235 g/mol. The first-order chi connectivity index (χ1) is 7.78. The van der Waals surface area contributed by atoms with E-state index in [4.69, 9.17) is 11.6 Å². The van der Waals surface area contributed by atoms with Crippen molar-refractivity contribution < 1.29 is 0 Å². The van der Waals surface area contributed by atoms with Crippen LogP contribution in [0.15, 0.2) is 18.2 Å². The number of hydrogen-bond acceptors (Lipinski definition) is 2. The average molecular weight is 236 g/mol. The van der Waals surface area contributed by atoms with Gasteiger partial charge in [-0.15, -0.1) is 0 Å². The highest BCUT2D eigenvalue weighted by atomic mass is 35.5. The summed E-state index contributed by atoms with van der Waals surface area (Å²) in [6, 6.07) is 5.94. The van der Waals surface area contributed by atoms with Crippen molar-refractivity contribution in [2.24, 2.45) is 0 Å². The molecule has 0 saturated carbocycles. The highest BCUT2D eigenvalue weighted by Crippen LogP contribution is 2.23. The molecule has 1 aliphatic heterocycles. The molecular weight excluding hydrogens is 222 g/mol. The van der Waals surface area contributed by atoms with Crippen molar-refractivity contribution in [1.29, 1.82) is 0 Å². The van der Waals surface area contributed by atoms with Crippen LogP contribution in [0.1, 0.15) is 12.7 Å². The number of likely N-dealkylation sites (N-methyl/N-ethyl adjacent to an activating group) is 1. The van der Waals surface area contributed by atoms with Gasteiger partial charge in [-0.3, -0.25) is 4.90 Å². The van der Waals surface area contributed by atoms with Crippen LogP contribution in [0.2, 0.25) is 5.02 Å². The standard InChI is InChI=1S/C12H14ClN3/c1-2-15-5-6-16-11-4-3-9(13)7-10(11)14-12(16)8-15/h3-4,7H,2,5-6,8H2,1H3. The summed E-state index contributed by atoms with van der Waals surface area (Å²) in [4.78, 5) is 7.05. The molecular formula is C12H14ClN3. The Morgan fingerprint density at radius 3 is 3.06 bits per heavy atom. The maximum atomic E-state index is 5.98. The van der Waals surface area contributed by atoms with Gasteiger partial charge >= 0.3 is 0 Å². The fourth-order valence-electron chi connectivity index (χ4n) is 2.31. The maximum absolute atomic E-state index is 5.98. The van der Waals surface area contributed by atoms with Crippen LogP contribution >= 0.6 is 11.6 Å². The van der Waals surface area contributed by atoms with Crippen LogP contribution in [0.4, 0.5) is 0 Å². The summed E-state index contributed by atoms with van der Waals surface area (Å²) < 4.78 is 2.30. The minimum Gasteiger partial charge on any atom is -0.326 e. The molecule has 0 saturated heterocycles. The van der Waals surface area contributed by atoms with Gasteiger partial charge in [0, 0.05) is 18.1 Å². The number of nitrogens with zero attached hydrogens (tertiary/aromatic N) is 3. The molecule has 0 radical (unpaired) electrons. The van der Waals surface area contributed by atoms with Crippen LogP contribution in [-0.2, 0) is 13.1 Å². The smallest absolute Gasteiger partial charge is 0.124 e. The minimum absolute atomic E-state index is 0.760. The topological polar surface area (TPSA) is 21.1 Å². The van der Waals surface area contributed by atoms with E-state index in [0.717, 1.165) is 42.5 Å². The zero-order valence-electron chi connectivity index (χ0n) is 9.28. The van der Waals surface area contributed by atoms with Crippen molar-refractivity contribution >= 4 is 22.6 Å². The molecule has 0 unspecified atom stereocenters. The summed E-state index contributed by atoms with van der Waals surface area (Å²) in [6.07, 6.45) is 0. The van der Waals surface area contributed by atoms with E-state index in [1.54, 1.807) is 0 Å². The molecule has 0 aliphatic carbocycles. The van der Waals surface area contributed by atoms with Gasteiger partial charge in [0.1, 0.15) is 5.82 Å². The van der Waals surface area contributed by atoms with E-state index in [9.17, 15) is 0 Å². The molecule has 1 aromatic carbocycles. The summed E-state index contributed by atoms with van der Waals surface area (Å²) in [5.74, 6) is 1.16. The molecule has 0 bridgehead atoms. The lowest BCUT2D eigenvalue weighted by Crippen LogP contribution is -2.33. The third kappa shape index (κ3) is 1.51. The van der Waals surface area contributed by atoms with Gasteiger partial charge < -0.3 is 4.57 Å². The number of fused-ring (bicyclic) bond motifs is 3. The Bertz CT molecular complexity index is 532. The molecule has 0 atom stereocenters. The maximum Gasteiger partial charge on any atom is 0.124 e. The number of imidazole rings is 1. The van der Waals surface area contributed by atoms with Crippen molar-refractivity contribution in [3.63, 3.8) is 0 Å². The fraction of sp³-hybridized carbons (Fsp3) is 0.417. The second kappa shape index (κ2) is 3.75. The van der Waals surface area contributed by atoms with Gasteiger partial charge in [0.05, 0.1) is 17.6 Å². The Hall–Kier alpha value is -1.06. The summed E-state index contributed by atoms with van der Waals surface area (Å²) in [6.45, 7) is 6.36. The second-order valence-electron chi connectivity index (χ2n) is 4.18. The van der Waals surface area contributed by atoms with Gasteiger partial charge in [-0.2, -0.15) is 0 Å². The van der Waals surface area contributed by atoms with Gasteiger partial charge in [0.15, 0.2) is 0 Å². The molecule has 16 heavy (non-hydrogen) atoms. The number of aromatic nitrogens is 2. The summed E-state index contributed by atoms with van der Waals surface area (Å²) in [5.41, 5.74) is 2.22. The molecule has 0 fully saturated rings. The zero-order chi connectivity index (χ0) is 11.1. The summed E-state index contributed by atoms with van der Waals surface area (Å²) in [5, 5.41) is 0.760. The van der Waals surface area contributed by atoms with Gasteiger partial charge in [0.2, 0.25) is 0 Å². The SMILES string of the molecule is CCN1CCn2c(nc3cc(Cl)ccc32)C1. The molecule has 4 heteroatoms. The molecule has 1 aliphatic rings. The molecule has 0 spiro atoms. The van der Waals surface area contributed by atoms with E-state index in [1.807, 2.05) is 12.1 Å². The largest absolute Gasteiger partial charge is 0.326 e. The van der Waals surface area contributed by atoms with Crippen molar-refractivity contribution in [3.8, 4) is 0 Å². The predicted molar refractivity (Wildman–Crippen MR) is 65.7 cm³/mol. The first kappa shape index (κ1) is 10.1. The quantitative estimate of drug-likeness (QED) is 0.758. The minimum atomic E-state index is 0.760. The Morgan fingerprint density at radius 2 is 2.25 bits per heavy atom. The molecule has 2 aromatic rings. The average Bonchev–Trinajstić information content (AvgIpc) is 2.64. The molecule has 84 valence electrons. The Morgan fingerprint density at radius 1 is 1.38 bits per heavy atom. The highest BCUT2D eigenvalue weighted by Gasteiger charge is 2.18. The van der Waals surface area contributed by atoms with E-state index in [0.29, 0.717) is 0 Å². The summed E-state index contributed by atoms with van der Waals surface area (Å²) >= 11 is 5.98. The van der Waals surface area contributed by atoms with Crippen molar-refractivity contribution in [2.45, 2.75) is 20.0 Å². The Labute approximate surface area is 99.6 Å². The first-order valence-electron chi connectivity index (χ1n) is 5.65. The molecule has 1 aromatic heterocycles. The number of benzene rings is 1. The van der Waals surface area contributed by atoms with E-state index in [-0.39, 0.29) is 0 Å². The summed E-state index contributed by atoms with van der Waals surface area (Å²) in [7, 11) is 0. The van der Waals surface area contributed by atoms with Crippen molar-refractivity contribution in [2.75, 3.05) is 13.1 Å². The molecule has 2 heterocycles. The number of halogens is 1. The van der Waals surface area contributed by atoms with Crippen LogP contribution in [0.3, 0.4) is 0 Å². The Balaban J connectivity index is 2.12. The van der Waals surface area contributed by atoms with Crippen LogP contribution in [0.25, 0.3) is 11.0 Å². The van der Waals surface area contributed by atoms with Gasteiger partial charge in [0.25, 0.3) is 0 Å².